The minimum atomic E-state index is 0.0470. The van der Waals surface area contributed by atoms with Crippen molar-refractivity contribution in [3.63, 3.8) is 0 Å². The minimum Gasteiger partial charge on any atom is -0.329 e. The first-order valence-corrected chi connectivity index (χ1v) is 8.56. The van der Waals surface area contributed by atoms with Gasteiger partial charge in [-0.05, 0) is 32.0 Å². The van der Waals surface area contributed by atoms with Crippen LogP contribution in [0.15, 0.2) is 24.3 Å². The van der Waals surface area contributed by atoms with Crippen LogP contribution in [0, 0.1) is 0 Å². The molecule has 0 radical (unpaired) electrons. The summed E-state index contributed by atoms with van der Waals surface area (Å²) >= 11 is 6.27. The number of hydrogen-bond donors (Lipinski definition) is 1. The molecule has 0 bridgehead atoms. The van der Waals surface area contributed by atoms with Gasteiger partial charge in [0.15, 0.2) is 0 Å². The molecule has 0 aliphatic carbocycles. The maximum Gasteiger partial charge on any atom is 0.0451 e. The molecular formula is C18H31ClN2. The van der Waals surface area contributed by atoms with E-state index in [0.29, 0.717) is 6.54 Å². The number of rotatable bonds is 10. The topological polar surface area (TPSA) is 29.3 Å². The van der Waals surface area contributed by atoms with Crippen molar-refractivity contribution in [3.05, 3.63) is 34.9 Å². The zero-order valence-corrected chi connectivity index (χ0v) is 14.6. The molecule has 0 aliphatic rings. The summed E-state index contributed by atoms with van der Waals surface area (Å²) < 4.78 is 0. The van der Waals surface area contributed by atoms with Gasteiger partial charge < -0.3 is 5.73 Å². The molecule has 1 rings (SSSR count). The van der Waals surface area contributed by atoms with E-state index in [1.54, 1.807) is 0 Å². The Balaban J connectivity index is 2.54. The van der Waals surface area contributed by atoms with E-state index in [1.165, 1.54) is 37.7 Å². The Labute approximate surface area is 135 Å². The second kappa shape index (κ2) is 9.45. The second-order valence-electron chi connectivity index (χ2n) is 6.31. The molecule has 1 unspecified atom stereocenters. The smallest absolute Gasteiger partial charge is 0.0451 e. The van der Waals surface area contributed by atoms with E-state index in [4.69, 9.17) is 17.3 Å². The number of benzene rings is 1. The quantitative estimate of drug-likeness (QED) is 0.626. The van der Waals surface area contributed by atoms with Crippen LogP contribution in [0.5, 0.6) is 0 Å². The molecule has 0 saturated carbocycles. The van der Waals surface area contributed by atoms with Crippen LogP contribution in [0.2, 0.25) is 5.02 Å². The standard InChI is InChI=1S/C18H31ClN2/c1-4-5-6-7-10-13-18(2,15-20)21(3)14-16-11-8-9-12-17(16)19/h8-9,11-12H,4-7,10,13-15,20H2,1-3H3. The lowest BCUT2D eigenvalue weighted by atomic mass is 9.92. The van der Waals surface area contributed by atoms with Gasteiger partial charge >= 0.3 is 0 Å². The summed E-state index contributed by atoms with van der Waals surface area (Å²) in [5.74, 6) is 0. The van der Waals surface area contributed by atoms with Crippen molar-refractivity contribution in [1.29, 1.82) is 0 Å². The van der Waals surface area contributed by atoms with Crippen molar-refractivity contribution in [2.45, 2.75) is 64.5 Å². The fraction of sp³-hybridized carbons (Fsp3) is 0.667. The van der Waals surface area contributed by atoms with Gasteiger partial charge in [-0.1, -0.05) is 68.8 Å². The van der Waals surface area contributed by atoms with Crippen LogP contribution in [0.1, 0.15) is 57.9 Å². The summed E-state index contributed by atoms with van der Waals surface area (Å²) in [6.45, 7) is 6.05. The van der Waals surface area contributed by atoms with Crippen molar-refractivity contribution in [2.75, 3.05) is 13.6 Å². The third-order valence-electron chi connectivity index (χ3n) is 4.55. The predicted molar refractivity (Wildman–Crippen MR) is 93.8 cm³/mol. The molecule has 3 heteroatoms. The van der Waals surface area contributed by atoms with Crippen molar-refractivity contribution in [1.82, 2.24) is 4.90 Å². The molecule has 0 heterocycles. The fourth-order valence-corrected chi connectivity index (χ4v) is 2.83. The largest absolute Gasteiger partial charge is 0.329 e. The van der Waals surface area contributed by atoms with Crippen LogP contribution in [-0.2, 0) is 6.54 Å². The predicted octanol–water partition coefficient (Wildman–Crippen LogP) is 4.85. The molecule has 1 atom stereocenters. The van der Waals surface area contributed by atoms with Crippen LogP contribution >= 0.6 is 11.6 Å². The molecule has 120 valence electrons. The first-order valence-electron chi connectivity index (χ1n) is 8.18. The highest BCUT2D eigenvalue weighted by Gasteiger charge is 2.27. The van der Waals surface area contributed by atoms with Gasteiger partial charge in [-0.25, -0.2) is 0 Å². The summed E-state index contributed by atoms with van der Waals surface area (Å²) in [6, 6.07) is 8.06. The van der Waals surface area contributed by atoms with E-state index in [9.17, 15) is 0 Å². The molecule has 2 nitrogen and oxygen atoms in total. The van der Waals surface area contributed by atoms with Gasteiger partial charge in [-0.2, -0.15) is 0 Å². The van der Waals surface area contributed by atoms with Gasteiger partial charge in [-0.15, -0.1) is 0 Å². The van der Waals surface area contributed by atoms with Gasteiger partial charge in [0.1, 0.15) is 0 Å². The molecule has 2 N–H and O–H groups in total. The van der Waals surface area contributed by atoms with E-state index >= 15 is 0 Å². The summed E-state index contributed by atoms with van der Waals surface area (Å²) in [4.78, 5) is 2.36. The van der Waals surface area contributed by atoms with E-state index in [2.05, 4.69) is 31.9 Å². The highest BCUT2D eigenvalue weighted by Crippen LogP contribution is 2.25. The number of hydrogen-bond acceptors (Lipinski definition) is 2. The monoisotopic (exact) mass is 310 g/mol. The third-order valence-corrected chi connectivity index (χ3v) is 4.91. The van der Waals surface area contributed by atoms with Gasteiger partial charge in [-0.3, -0.25) is 4.90 Å². The Bertz CT molecular complexity index is 408. The Kier molecular flexibility index (Phi) is 8.31. The number of unbranched alkanes of at least 4 members (excludes halogenated alkanes) is 4. The van der Waals surface area contributed by atoms with Crippen molar-refractivity contribution in [2.24, 2.45) is 5.73 Å². The molecular weight excluding hydrogens is 280 g/mol. The molecule has 0 spiro atoms. The van der Waals surface area contributed by atoms with Crippen LogP contribution < -0.4 is 5.73 Å². The minimum absolute atomic E-state index is 0.0470. The van der Waals surface area contributed by atoms with Gasteiger partial charge in [0, 0.05) is 23.7 Å². The average Bonchev–Trinajstić information content (AvgIpc) is 2.49. The lowest BCUT2D eigenvalue weighted by molar-refractivity contribution is 0.122. The molecule has 1 aromatic rings. The highest BCUT2D eigenvalue weighted by atomic mass is 35.5. The summed E-state index contributed by atoms with van der Waals surface area (Å²) in [5, 5.41) is 0.840. The van der Waals surface area contributed by atoms with Crippen LogP contribution in [0.4, 0.5) is 0 Å². The highest BCUT2D eigenvalue weighted by molar-refractivity contribution is 6.31. The number of nitrogens with two attached hydrogens (primary N) is 1. The van der Waals surface area contributed by atoms with Crippen molar-refractivity contribution >= 4 is 11.6 Å². The Morgan fingerprint density at radius 1 is 1.14 bits per heavy atom. The third kappa shape index (κ3) is 5.98. The maximum atomic E-state index is 6.27. The summed E-state index contributed by atoms with van der Waals surface area (Å²) in [7, 11) is 2.15. The normalized spacial score (nSPS) is 14.4. The SMILES string of the molecule is CCCCCCCC(C)(CN)N(C)Cc1ccccc1Cl. The van der Waals surface area contributed by atoms with E-state index in [0.717, 1.165) is 18.0 Å². The van der Waals surface area contributed by atoms with Crippen LogP contribution in [0.3, 0.4) is 0 Å². The molecule has 0 aromatic heterocycles. The number of nitrogens with zero attached hydrogens (tertiary/aromatic N) is 1. The summed E-state index contributed by atoms with van der Waals surface area (Å²) in [5.41, 5.74) is 7.29. The lowest BCUT2D eigenvalue weighted by Gasteiger charge is -2.38. The Morgan fingerprint density at radius 3 is 2.43 bits per heavy atom. The zero-order chi connectivity index (χ0) is 15.7. The Hall–Kier alpha value is -0.570. The van der Waals surface area contributed by atoms with E-state index in [-0.39, 0.29) is 5.54 Å². The fourth-order valence-electron chi connectivity index (χ4n) is 2.63. The zero-order valence-electron chi connectivity index (χ0n) is 13.9. The maximum absolute atomic E-state index is 6.27. The first kappa shape index (κ1) is 18.5. The number of likely N-dealkylation sites (N-methyl/N-ethyl adjacent to an activating group) is 1. The molecule has 0 aliphatic heterocycles. The van der Waals surface area contributed by atoms with Crippen molar-refractivity contribution in [3.8, 4) is 0 Å². The average molecular weight is 311 g/mol. The second-order valence-corrected chi connectivity index (χ2v) is 6.72. The molecule has 0 saturated heterocycles. The van der Waals surface area contributed by atoms with E-state index < -0.39 is 0 Å². The molecule has 21 heavy (non-hydrogen) atoms. The van der Waals surface area contributed by atoms with Crippen LogP contribution in [0.25, 0.3) is 0 Å². The molecule has 1 aromatic carbocycles. The van der Waals surface area contributed by atoms with E-state index in [1.807, 2.05) is 18.2 Å². The first-order chi connectivity index (χ1) is 10.0. The lowest BCUT2D eigenvalue weighted by Crippen LogP contribution is -2.49. The van der Waals surface area contributed by atoms with Crippen LogP contribution in [-0.4, -0.2) is 24.0 Å². The molecule has 0 amide bonds. The van der Waals surface area contributed by atoms with Gasteiger partial charge in [0.05, 0.1) is 0 Å². The van der Waals surface area contributed by atoms with Gasteiger partial charge in [0.25, 0.3) is 0 Å². The van der Waals surface area contributed by atoms with Gasteiger partial charge in [0.2, 0.25) is 0 Å². The Morgan fingerprint density at radius 2 is 1.81 bits per heavy atom. The van der Waals surface area contributed by atoms with Crippen molar-refractivity contribution < 1.29 is 0 Å². The number of halogens is 1. The molecule has 0 fully saturated rings. The summed E-state index contributed by atoms with van der Waals surface area (Å²) in [6.07, 6.45) is 7.68.